The summed E-state index contributed by atoms with van der Waals surface area (Å²) in [5.41, 5.74) is 12.0. The predicted molar refractivity (Wildman–Crippen MR) is 225 cm³/mol. The van der Waals surface area contributed by atoms with E-state index in [2.05, 4.69) is 94.1 Å². The van der Waals surface area contributed by atoms with E-state index in [9.17, 15) is 0 Å². The van der Waals surface area contributed by atoms with Gasteiger partial charge in [0.1, 0.15) is 0 Å². The number of rotatable bonds is 7. The third-order valence-corrected chi connectivity index (χ3v) is 15.7. The zero-order valence-corrected chi connectivity index (χ0v) is 37.0. The minimum absolute atomic E-state index is 0. The van der Waals surface area contributed by atoms with E-state index in [0.717, 1.165) is 56.2 Å². The monoisotopic (exact) mass is 965 g/mol. The average molecular weight is 964 g/mol. The molecule has 0 bridgehead atoms. The average Bonchev–Trinajstić information content (AvgIpc) is 3.86. The number of hydrogen-bond donors (Lipinski definition) is 0. The number of benzene rings is 2. The molecule has 5 heterocycles. The van der Waals surface area contributed by atoms with Gasteiger partial charge in [0.2, 0.25) is 5.71 Å². The van der Waals surface area contributed by atoms with Crippen LogP contribution in [-0.2, 0) is 26.5 Å². The third kappa shape index (κ3) is 9.03. The largest absolute Gasteiger partial charge is 0 e. The summed E-state index contributed by atoms with van der Waals surface area (Å²) in [4.78, 5) is 18.8. The van der Waals surface area contributed by atoms with E-state index in [1.165, 1.54) is 69.8 Å². The van der Waals surface area contributed by atoms with Crippen LogP contribution in [0.1, 0.15) is 80.5 Å². The Balaban J connectivity index is 0.000000178. The van der Waals surface area contributed by atoms with Crippen molar-refractivity contribution in [1.82, 2.24) is 19.9 Å². The maximum absolute atomic E-state index is 6.15. The second-order valence-electron chi connectivity index (χ2n) is 16.4. The van der Waals surface area contributed by atoms with Crippen LogP contribution >= 0.6 is 0 Å². The summed E-state index contributed by atoms with van der Waals surface area (Å²) in [6.45, 7) is 1.99. The molecule has 0 amide bonds. The molecule has 2 aliphatic rings. The van der Waals surface area contributed by atoms with E-state index in [-0.39, 0.29) is 20.1 Å². The Hall–Kier alpha value is -3.97. The van der Waals surface area contributed by atoms with Crippen LogP contribution in [0.25, 0.3) is 55.8 Å². The minimum Gasteiger partial charge on any atom is 0 e. The van der Waals surface area contributed by atoms with Gasteiger partial charge >= 0.3 is 137 Å². The number of aryl methyl sites for hydroxylation is 1. The summed E-state index contributed by atoms with van der Waals surface area (Å²) in [5, 5.41) is 0.934. The Labute approximate surface area is 342 Å². The van der Waals surface area contributed by atoms with Crippen LogP contribution in [0.4, 0.5) is 0 Å². The fraction of sp³-hybridized carbons (Fsp3) is 0.333. The first-order valence-corrected chi connectivity index (χ1v) is 27.2. The van der Waals surface area contributed by atoms with Crippen LogP contribution in [-0.4, -0.2) is 33.2 Å². The molecule has 55 heavy (non-hydrogen) atoms. The van der Waals surface area contributed by atoms with E-state index in [1.807, 2.05) is 49.6 Å². The maximum Gasteiger partial charge on any atom is 0 e. The van der Waals surface area contributed by atoms with Gasteiger partial charge in [0.25, 0.3) is 0 Å². The molecule has 2 fully saturated rings. The van der Waals surface area contributed by atoms with E-state index in [0.29, 0.717) is 17.2 Å². The molecule has 7 heteroatoms. The smallest absolute Gasteiger partial charge is 0 e. The van der Waals surface area contributed by atoms with Crippen LogP contribution in [0.5, 0.6) is 0 Å². The quantitative estimate of drug-likeness (QED) is 0.118. The first kappa shape index (κ1) is 39.3. The normalized spacial score (nSPS) is 15.1. The molecule has 1 radical (unpaired) electrons. The molecule has 2 aliphatic carbocycles. The second-order valence-corrected chi connectivity index (χ2v) is 26.9. The Morgan fingerprint density at radius 1 is 0.764 bits per heavy atom. The third-order valence-electron chi connectivity index (χ3n) is 11.3. The molecule has 0 atom stereocenters. The molecule has 5 aromatic heterocycles. The summed E-state index contributed by atoms with van der Waals surface area (Å²) in [5.74, 6) is 8.95. The van der Waals surface area contributed by atoms with Crippen molar-refractivity contribution in [1.29, 1.82) is 0 Å². The fourth-order valence-electron chi connectivity index (χ4n) is 8.52. The van der Waals surface area contributed by atoms with E-state index >= 15 is 0 Å². The molecule has 0 aliphatic heterocycles. The van der Waals surface area contributed by atoms with Crippen molar-refractivity contribution in [2.24, 2.45) is 5.92 Å². The topological polar surface area (TPSA) is 64.7 Å². The summed E-state index contributed by atoms with van der Waals surface area (Å²) in [6, 6.07) is 34.0. The summed E-state index contributed by atoms with van der Waals surface area (Å²) in [7, 11) is 0. The van der Waals surface area contributed by atoms with Gasteiger partial charge in [-0.05, 0) is 54.6 Å². The van der Waals surface area contributed by atoms with Crippen LogP contribution in [0, 0.1) is 25.0 Å². The van der Waals surface area contributed by atoms with Crippen molar-refractivity contribution < 1.29 is 24.5 Å². The van der Waals surface area contributed by atoms with Crippen LogP contribution in [0.15, 0.2) is 102 Å². The molecule has 0 spiro atoms. The van der Waals surface area contributed by atoms with Crippen molar-refractivity contribution in [3.05, 3.63) is 126 Å². The Morgan fingerprint density at radius 3 is 2.25 bits per heavy atom. The molecular weight excluding hydrogens is 913 g/mol. The zero-order valence-electron chi connectivity index (χ0n) is 32.5. The van der Waals surface area contributed by atoms with Gasteiger partial charge in [-0.15, -0.1) is 5.56 Å². The summed E-state index contributed by atoms with van der Waals surface area (Å²) in [6.07, 6.45) is 19.4. The molecule has 0 saturated heterocycles. The molecule has 283 valence electrons. The molecular formula is C48H50GeIrN4O-2. The Morgan fingerprint density at radius 2 is 1.51 bits per heavy atom. The van der Waals surface area contributed by atoms with Crippen LogP contribution in [0.3, 0.4) is 0 Å². The number of furan rings is 1. The van der Waals surface area contributed by atoms with Crippen LogP contribution in [0.2, 0.25) is 17.3 Å². The van der Waals surface area contributed by atoms with Crippen molar-refractivity contribution in [2.75, 3.05) is 0 Å². The molecule has 2 aromatic carbocycles. The van der Waals surface area contributed by atoms with Crippen molar-refractivity contribution in [2.45, 2.75) is 94.3 Å². The summed E-state index contributed by atoms with van der Waals surface area (Å²) < 4.78 is 7.74. The SMILES string of the molecule is Cc1cc(-c2ccccc2)c2c(n1)oc1[c-]c(-c3cc(C4CCCCC4)ccn3)cnc12.[CH3][Ge]([CH3])([CH3])[c]1cnc(-c2[c-]cccc2)cc1CC1CCCC1.[Ir]. The fourth-order valence-corrected chi connectivity index (χ4v) is 11.9. The number of fused-ring (bicyclic) bond motifs is 3. The molecule has 0 unspecified atom stereocenters. The van der Waals surface area contributed by atoms with Crippen molar-refractivity contribution >= 4 is 39.9 Å². The standard InChI is InChI=1S/C28H24N3O.C20H26GeN.Ir/c1-18-14-23(20-10-6-3-7-11-20)26-27-25(32-28(26)31-18)16-22(17-30-27)24-15-21(12-13-29-24)19-8-4-2-5-9-19;1-21(2,3)19-15-22-20(17-11-5-4-6-12-17)14-18(19)13-16-9-7-8-10-16;/h3,6-7,10-15,17,19H,2,4-5,8-9H2,1H3;4-6,11,14-16H,7-10,13H2,1-3H3;/q2*-1;. The van der Waals surface area contributed by atoms with Gasteiger partial charge < -0.3 is 14.4 Å². The van der Waals surface area contributed by atoms with Gasteiger partial charge in [0.15, 0.2) is 0 Å². The van der Waals surface area contributed by atoms with Gasteiger partial charge in [0.05, 0.1) is 5.58 Å². The van der Waals surface area contributed by atoms with Gasteiger partial charge in [-0.3, -0.25) is 0 Å². The number of hydrogen-bond acceptors (Lipinski definition) is 5. The van der Waals surface area contributed by atoms with Crippen LogP contribution < -0.4 is 4.40 Å². The zero-order chi connectivity index (χ0) is 37.1. The van der Waals surface area contributed by atoms with E-state index in [4.69, 9.17) is 14.4 Å². The van der Waals surface area contributed by atoms with Crippen molar-refractivity contribution in [3.8, 4) is 33.6 Å². The van der Waals surface area contributed by atoms with Crippen molar-refractivity contribution in [3.63, 3.8) is 0 Å². The van der Waals surface area contributed by atoms with Gasteiger partial charge in [-0.1, -0.05) is 73.5 Å². The molecule has 5 nitrogen and oxygen atoms in total. The molecule has 7 aromatic rings. The first-order valence-electron chi connectivity index (χ1n) is 19.9. The van der Waals surface area contributed by atoms with Gasteiger partial charge in [-0.2, -0.15) is 0 Å². The molecule has 9 rings (SSSR count). The van der Waals surface area contributed by atoms with Gasteiger partial charge in [-0.25, -0.2) is 4.98 Å². The first-order chi connectivity index (χ1) is 26.3. The predicted octanol–water partition coefficient (Wildman–Crippen LogP) is 12.1. The second kappa shape index (κ2) is 17.4. The molecule has 0 N–H and O–H groups in total. The number of aromatic nitrogens is 4. The minimum atomic E-state index is -1.87. The van der Waals surface area contributed by atoms with Gasteiger partial charge in [0, 0.05) is 42.9 Å². The summed E-state index contributed by atoms with van der Waals surface area (Å²) >= 11 is -1.87. The van der Waals surface area contributed by atoms with E-state index < -0.39 is 13.3 Å². The molecule has 2 saturated carbocycles. The number of nitrogens with zero attached hydrogens (tertiary/aromatic N) is 4. The number of pyridine rings is 4. The Bertz CT molecular complexity index is 2360. The Kier molecular flexibility index (Phi) is 12.5. The van der Waals surface area contributed by atoms with E-state index in [1.54, 1.807) is 9.96 Å². The maximum atomic E-state index is 6.15.